The average molecular weight is 292 g/mol. The van der Waals surface area contributed by atoms with E-state index in [9.17, 15) is 8.78 Å². The van der Waals surface area contributed by atoms with Gasteiger partial charge >= 0.3 is 0 Å². The summed E-state index contributed by atoms with van der Waals surface area (Å²) in [6.45, 7) is 2.62. The van der Waals surface area contributed by atoms with E-state index in [-0.39, 0.29) is 19.0 Å². The molecule has 2 heterocycles. The predicted octanol–water partition coefficient (Wildman–Crippen LogP) is 2.76. The van der Waals surface area contributed by atoms with Crippen LogP contribution in [0.15, 0.2) is 29.0 Å². The van der Waals surface area contributed by atoms with E-state index in [0.29, 0.717) is 13.1 Å². The molecule has 7 heteroatoms. The Morgan fingerprint density at radius 3 is 2.84 bits per heavy atom. The van der Waals surface area contributed by atoms with Gasteiger partial charge in [-0.05, 0) is 19.1 Å². The summed E-state index contributed by atoms with van der Waals surface area (Å²) >= 11 is 0. The van der Waals surface area contributed by atoms with Crippen LogP contribution in [0.25, 0.3) is 0 Å². The smallest absolute Gasteiger partial charge is 0.257 e. The van der Waals surface area contributed by atoms with Crippen LogP contribution in [0.1, 0.15) is 17.0 Å². The van der Waals surface area contributed by atoms with Crippen molar-refractivity contribution in [3.63, 3.8) is 0 Å². The minimum absolute atomic E-state index is 0. The van der Waals surface area contributed by atoms with Crippen molar-refractivity contribution in [1.82, 2.24) is 15.1 Å². The average Bonchev–Trinajstić information content (AvgIpc) is 2.93. The molecule has 0 saturated carbocycles. The van der Waals surface area contributed by atoms with Crippen molar-refractivity contribution in [2.24, 2.45) is 0 Å². The van der Waals surface area contributed by atoms with Crippen molar-refractivity contribution in [2.75, 3.05) is 0 Å². The molecule has 106 valence electrons. The molecule has 1 N–H and O–H groups in total. The first-order valence-electron chi connectivity index (χ1n) is 5.69. The predicted molar refractivity (Wildman–Crippen MR) is 69.5 cm³/mol. The molecule has 0 unspecified atom stereocenters. The first kappa shape index (κ1) is 15.7. The molecule has 0 aliphatic carbocycles. The molecule has 0 aromatic carbocycles. The van der Waals surface area contributed by atoms with Gasteiger partial charge in [0.2, 0.25) is 0 Å². The molecule has 2 aromatic heterocycles. The molecular weight excluding hydrogens is 276 g/mol. The summed E-state index contributed by atoms with van der Waals surface area (Å²) < 4.78 is 31.0. The SMILES string of the molecule is Cc1c(CNCc2ccco2)cnn1CC(F)F.Cl. The number of nitrogens with one attached hydrogen (secondary N) is 1. The zero-order valence-electron chi connectivity index (χ0n) is 10.5. The Bertz CT molecular complexity index is 485. The molecule has 0 atom stereocenters. The maximum atomic E-state index is 12.3. The Balaban J connectivity index is 0.00000180. The van der Waals surface area contributed by atoms with Crippen LogP contribution in [0.2, 0.25) is 0 Å². The number of alkyl halides is 2. The zero-order chi connectivity index (χ0) is 13.0. The van der Waals surface area contributed by atoms with Gasteiger partial charge in [-0.1, -0.05) is 0 Å². The lowest BCUT2D eigenvalue weighted by Crippen LogP contribution is -2.14. The van der Waals surface area contributed by atoms with Crippen molar-refractivity contribution in [3.05, 3.63) is 41.6 Å². The van der Waals surface area contributed by atoms with Crippen molar-refractivity contribution >= 4 is 12.4 Å². The maximum Gasteiger partial charge on any atom is 0.257 e. The molecule has 19 heavy (non-hydrogen) atoms. The summed E-state index contributed by atoms with van der Waals surface area (Å²) in [5.41, 5.74) is 1.68. The number of hydrogen-bond donors (Lipinski definition) is 1. The van der Waals surface area contributed by atoms with Gasteiger partial charge in [-0.2, -0.15) is 5.10 Å². The Labute approximate surface area is 116 Å². The normalized spacial score (nSPS) is 10.7. The minimum atomic E-state index is -2.38. The second-order valence-electron chi connectivity index (χ2n) is 4.01. The molecule has 0 aliphatic rings. The van der Waals surface area contributed by atoms with Crippen LogP contribution >= 0.6 is 12.4 Å². The van der Waals surface area contributed by atoms with E-state index in [1.807, 2.05) is 12.1 Å². The fraction of sp³-hybridized carbons (Fsp3) is 0.417. The van der Waals surface area contributed by atoms with Gasteiger partial charge in [0.1, 0.15) is 12.3 Å². The van der Waals surface area contributed by atoms with Gasteiger partial charge in [-0.25, -0.2) is 8.78 Å². The fourth-order valence-electron chi connectivity index (χ4n) is 1.71. The van der Waals surface area contributed by atoms with Crippen molar-refractivity contribution < 1.29 is 13.2 Å². The van der Waals surface area contributed by atoms with Crippen LogP contribution in [-0.2, 0) is 19.6 Å². The van der Waals surface area contributed by atoms with Crippen LogP contribution in [-0.4, -0.2) is 16.2 Å². The molecule has 0 saturated heterocycles. The molecule has 4 nitrogen and oxygen atoms in total. The largest absolute Gasteiger partial charge is 0.468 e. The first-order valence-corrected chi connectivity index (χ1v) is 5.69. The number of furan rings is 1. The molecule has 0 fully saturated rings. The summed E-state index contributed by atoms with van der Waals surface area (Å²) in [6.07, 6.45) is 0.850. The van der Waals surface area contributed by atoms with Gasteiger partial charge in [0.05, 0.1) is 19.0 Å². The standard InChI is InChI=1S/C12H15F2N3O.ClH/c1-9-10(6-16-17(9)8-12(13)14)5-15-7-11-3-2-4-18-11;/h2-4,6,12,15H,5,7-8H2,1H3;1H. The Morgan fingerprint density at radius 2 is 2.21 bits per heavy atom. The molecular formula is C12H16ClF2N3O. The van der Waals surface area contributed by atoms with Crippen LogP contribution in [0.3, 0.4) is 0 Å². The highest BCUT2D eigenvalue weighted by atomic mass is 35.5. The summed E-state index contributed by atoms with van der Waals surface area (Å²) in [7, 11) is 0. The lowest BCUT2D eigenvalue weighted by Gasteiger charge is -2.05. The lowest BCUT2D eigenvalue weighted by atomic mass is 10.2. The third-order valence-electron chi connectivity index (χ3n) is 2.71. The van der Waals surface area contributed by atoms with Crippen LogP contribution in [0.4, 0.5) is 8.78 Å². The molecule has 0 amide bonds. The highest BCUT2D eigenvalue weighted by Crippen LogP contribution is 2.09. The van der Waals surface area contributed by atoms with E-state index < -0.39 is 6.43 Å². The Hall–Kier alpha value is -1.40. The summed E-state index contributed by atoms with van der Waals surface area (Å²) in [5, 5.41) is 7.12. The molecule has 2 rings (SSSR count). The van der Waals surface area contributed by atoms with Crippen LogP contribution < -0.4 is 5.32 Å². The number of rotatable bonds is 6. The fourth-order valence-corrected chi connectivity index (χ4v) is 1.71. The van der Waals surface area contributed by atoms with Crippen molar-refractivity contribution in [3.8, 4) is 0 Å². The monoisotopic (exact) mass is 291 g/mol. The zero-order valence-corrected chi connectivity index (χ0v) is 11.3. The quantitative estimate of drug-likeness (QED) is 0.890. The molecule has 2 aromatic rings. The summed E-state index contributed by atoms with van der Waals surface area (Å²) in [4.78, 5) is 0. The summed E-state index contributed by atoms with van der Waals surface area (Å²) in [6, 6.07) is 3.70. The number of nitrogens with zero attached hydrogens (tertiary/aromatic N) is 2. The lowest BCUT2D eigenvalue weighted by molar-refractivity contribution is 0.121. The summed E-state index contributed by atoms with van der Waals surface area (Å²) in [5.74, 6) is 0.840. The number of halogens is 3. The molecule has 0 spiro atoms. The van der Waals surface area contributed by atoms with Gasteiger partial charge in [0, 0.05) is 17.8 Å². The topological polar surface area (TPSA) is 43.0 Å². The van der Waals surface area contributed by atoms with Gasteiger partial charge in [-0.15, -0.1) is 12.4 Å². The molecule has 0 radical (unpaired) electrons. The second kappa shape index (κ2) is 7.25. The van der Waals surface area contributed by atoms with E-state index >= 15 is 0 Å². The second-order valence-corrected chi connectivity index (χ2v) is 4.01. The van der Waals surface area contributed by atoms with Crippen molar-refractivity contribution in [2.45, 2.75) is 33.0 Å². The van der Waals surface area contributed by atoms with Gasteiger partial charge < -0.3 is 9.73 Å². The van der Waals surface area contributed by atoms with E-state index in [2.05, 4.69) is 10.4 Å². The molecule has 0 bridgehead atoms. The van der Waals surface area contributed by atoms with Gasteiger partial charge in [0.25, 0.3) is 6.43 Å². The maximum absolute atomic E-state index is 12.3. The highest BCUT2D eigenvalue weighted by molar-refractivity contribution is 5.85. The Kier molecular flexibility index (Phi) is 5.98. The van der Waals surface area contributed by atoms with E-state index in [4.69, 9.17) is 4.42 Å². The molecule has 0 aliphatic heterocycles. The first-order chi connectivity index (χ1) is 8.66. The minimum Gasteiger partial charge on any atom is -0.468 e. The van der Waals surface area contributed by atoms with Gasteiger partial charge in [-0.3, -0.25) is 4.68 Å². The third-order valence-corrected chi connectivity index (χ3v) is 2.71. The van der Waals surface area contributed by atoms with E-state index in [0.717, 1.165) is 17.0 Å². The Morgan fingerprint density at radius 1 is 1.42 bits per heavy atom. The number of aromatic nitrogens is 2. The van der Waals surface area contributed by atoms with E-state index in [1.54, 1.807) is 19.4 Å². The van der Waals surface area contributed by atoms with Crippen LogP contribution in [0.5, 0.6) is 0 Å². The highest BCUT2D eigenvalue weighted by Gasteiger charge is 2.10. The number of hydrogen-bond acceptors (Lipinski definition) is 3. The van der Waals surface area contributed by atoms with Crippen molar-refractivity contribution in [1.29, 1.82) is 0 Å². The van der Waals surface area contributed by atoms with Crippen LogP contribution in [0, 0.1) is 6.92 Å². The third kappa shape index (κ3) is 4.33. The van der Waals surface area contributed by atoms with E-state index in [1.165, 1.54) is 4.68 Å². The van der Waals surface area contributed by atoms with Gasteiger partial charge in [0.15, 0.2) is 0 Å².